The molecule has 0 aliphatic heterocycles. The smallest absolute Gasteiger partial charge is 0.00253 e. The van der Waals surface area contributed by atoms with Crippen molar-refractivity contribution < 1.29 is 0 Å². The van der Waals surface area contributed by atoms with Crippen LogP contribution in [0.1, 0.15) is 128 Å². The van der Waals surface area contributed by atoms with Gasteiger partial charge in [-0.25, -0.2) is 0 Å². The van der Waals surface area contributed by atoms with E-state index >= 15 is 0 Å². The van der Waals surface area contributed by atoms with Gasteiger partial charge in [0.2, 0.25) is 0 Å². The fourth-order valence-corrected chi connectivity index (χ4v) is 6.46. The molecule has 6 aromatic rings. The molecule has 0 heteroatoms. The summed E-state index contributed by atoms with van der Waals surface area (Å²) in [4.78, 5) is 0. The van der Waals surface area contributed by atoms with Gasteiger partial charge in [-0.2, -0.15) is 0 Å². The molecule has 0 nitrogen and oxygen atoms in total. The second kappa shape index (κ2) is 14.2. The fourth-order valence-electron chi connectivity index (χ4n) is 6.46. The summed E-state index contributed by atoms with van der Waals surface area (Å²) in [6.07, 6.45) is 1.97. The van der Waals surface area contributed by atoms with E-state index < -0.39 is 0 Å². The number of benzene rings is 6. The molecule has 6 rings (SSSR count). The molecular formula is C50H60. The molecule has 260 valence electrons. The molecule has 0 saturated heterocycles. The topological polar surface area (TPSA) is 0 Å². The molecule has 0 spiro atoms. The Kier molecular flexibility index (Phi) is 10.6. The van der Waals surface area contributed by atoms with Crippen LogP contribution in [0.15, 0.2) is 121 Å². The highest BCUT2D eigenvalue weighted by Crippen LogP contribution is 2.30. The average Bonchev–Trinajstić information content (AvgIpc) is 3.03. The lowest BCUT2D eigenvalue weighted by Gasteiger charge is -2.20. The summed E-state index contributed by atoms with van der Waals surface area (Å²) in [5.41, 5.74) is 11.9. The van der Waals surface area contributed by atoms with Crippen molar-refractivity contribution in [2.75, 3.05) is 0 Å². The van der Waals surface area contributed by atoms with Crippen LogP contribution in [0.2, 0.25) is 0 Å². The zero-order chi connectivity index (χ0) is 36.5. The third-order valence-electron chi connectivity index (χ3n) is 10.00. The molecular weight excluding hydrogens is 601 g/mol. The van der Waals surface area contributed by atoms with E-state index in [1.807, 2.05) is 0 Å². The molecule has 0 unspecified atom stereocenters. The van der Waals surface area contributed by atoms with Crippen molar-refractivity contribution in [3.63, 3.8) is 0 Å². The Bertz CT molecular complexity index is 1890. The minimum absolute atomic E-state index is 0.185. The lowest BCUT2D eigenvalue weighted by atomic mass is 9.85. The number of fused-ring (bicyclic) bond motifs is 2. The first-order valence-electron chi connectivity index (χ1n) is 18.5. The second-order valence-electron chi connectivity index (χ2n) is 18.5. The van der Waals surface area contributed by atoms with Crippen LogP contribution in [0, 0.1) is 0 Å². The van der Waals surface area contributed by atoms with Gasteiger partial charge in [-0.3, -0.25) is 0 Å². The van der Waals surface area contributed by atoms with Crippen molar-refractivity contribution in [3.8, 4) is 0 Å². The molecule has 0 heterocycles. The quantitative estimate of drug-likeness (QED) is 0.176. The standard InChI is InChI=1S/C29H32.C21H28/c1-28(2,3)26-13-11-22-16-20(7-9-24(22)18-26)15-21-8-10-25-19-27(29(4,5)6)14-12-23(25)17-21;1-20(2,3)18-11-7-16(8-12-18)15-17-9-13-19(14-10-17)21(4,5)6/h7-14,16-19H,15H2,1-6H3;7-14H,15H2,1-6H3. The predicted octanol–water partition coefficient (Wildman–Crippen LogP) is 14.1. The van der Waals surface area contributed by atoms with Gasteiger partial charge in [-0.15, -0.1) is 0 Å². The molecule has 50 heavy (non-hydrogen) atoms. The summed E-state index contributed by atoms with van der Waals surface area (Å²) in [5.74, 6) is 0. The Morgan fingerprint density at radius 1 is 0.260 bits per heavy atom. The molecule has 0 aliphatic carbocycles. The normalized spacial score (nSPS) is 12.6. The summed E-state index contributed by atoms with van der Waals surface area (Å²) in [6, 6.07) is 45.7. The summed E-state index contributed by atoms with van der Waals surface area (Å²) in [6.45, 7) is 27.2. The van der Waals surface area contributed by atoms with E-state index in [2.05, 4.69) is 204 Å². The lowest BCUT2D eigenvalue weighted by molar-refractivity contribution is 0.590. The van der Waals surface area contributed by atoms with Gasteiger partial charge in [-0.1, -0.05) is 204 Å². The van der Waals surface area contributed by atoms with Gasteiger partial charge < -0.3 is 0 Å². The van der Waals surface area contributed by atoms with E-state index in [1.165, 1.54) is 66.1 Å². The fraction of sp³-hybridized carbons (Fsp3) is 0.360. The van der Waals surface area contributed by atoms with Crippen molar-refractivity contribution in [1.82, 2.24) is 0 Å². The van der Waals surface area contributed by atoms with E-state index in [1.54, 1.807) is 0 Å². The minimum atomic E-state index is 0.185. The van der Waals surface area contributed by atoms with Crippen molar-refractivity contribution in [1.29, 1.82) is 0 Å². The first kappa shape index (κ1) is 37.1. The zero-order valence-corrected chi connectivity index (χ0v) is 33.0. The summed E-state index contributed by atoms with van der Waals surface area (Å²) < 4.78 is 0. The maximum atomic E-state index is 2.34. The number of rotatable bonds is 4. The SMILES string of the molecule is CC(C)(C)c1ccc(Cc2ccc(C(C)(C)C)cc2)cc1.CC(C)(C)c1ccc2cc(Cc3ccc4cc(C(C)(C)C)ccc4c3)ccc2c1. The molecule has 0 atom stereocenters. The van der Waals surface area contributed by atoms with Crippen LogP contribution >= 0.6 is 0 Å². The van der Waals surface area contributed by atoms with Crippen molar-refractivity contribution in [2.45, 2.75) is 118 Å². The highest BCUT2D eigenvalue weighted by molar-refractivity contribution is 5.85. The molecule has 0 aromatic heterocycles. The van der Waals surface area contributed by atoms with Gasteiger partial charge in [0.05, 0.1) is 0 Å². The van der Waals surface area contributed by atoms with E-state index in [0.29, 0.717) is 0 Å². The maximum Gasteiger partial charge on any atom is -0.00253 e. The number of hydrogen-bond donors (Lipinski definition) is 0. The maximum absolute atomic E-state index is 2.34. The van der Waals surface area contributed by atoms with Gasteiger partial charge in [0.1, 0.15) is 0 Å². The van der Waals surface area contributed by atoms with Crippen LogP contribution in [0.3, 0.4) is 0 Å². The number of hydrogen-bond acceptors (Lipinski definition) is 0. The molecule has 0 radical (unpaired) electrons. The largest absolute Gasteiger partial charge is 0.0584 e. The van der Waals surface area contributed by atoms with Gasteiger partial charge in [0.25, 0.3) is 0 Å². The monoisotopic (exact) mass is 660 g/mol. The van der Waals surface area contributed by atoms with Crippen molar-refractivity contribution >= 4 is 21.5 Å². The highest BCUT2D eigenvalue weighted by Gasteiger charge is 2.16. The van der Waals surface area contributed by atoms with E-state index in [9.17, 15) is 0 Å². The van der Waals surface area contributed by atoms with Crippen LogP contribution in [-0.2, 0) is 34.5 Å². The van der Waals surface area contributed by atoms with Gasteiger partial charge >= 0.3 is 0 Å². The van der Waals surface area contributed by atoms with Crippen LogP contribution in [0.5, 0.6) is 0 Å². The highest BCUT2D eigenvalue weighted by atomic mass is 14.2. The average molecular weight is 661 g/mol. The molecule has 0 fully saturated rings. The first-order chi connectivity index (χ1) is 23.3. The third-order valence-corrected chi connectivity index (χ3v) is 10.00. The van der Waals surface area contributed by atoms with Crippen LogP contribution in [0.4, 0.5) is 0 Å². The van der Waals surface area contributed by atoms with Crippen molar-refractivity contribution in [3.05, 3.63) is 166 Å². The third kappa shape index (κ3) is 9.54. The van der Waals surface area contributed by atoms with Crippen LogP contribution in [-0.4, -0.2) is 0 Å². The molecule has 0 aliphatic rings. The summed E-state index contributed by atoms with van der Waals surface area (Å²) >= 11 is 0. The zero-order valence-electron chi connectivity index (χ0n) is 33.0. The Morgan fingerprint density at radius 3 is 0.820 bits per heavy atom. The Morgan fingerprint density at radius 2 is 0.500 bits per heavy atom. The Balaban J connectivity index is 0.000000205. The van der Waals surface area contributed by atoms with Crippen LogP contribution in [0.25, 0.3) is 21.5 Å². The van der Waals surface area contributed by atoms with E-state index in [-0.39, 0.29) is 21.7 Å². The minimum Gasteiger partial charge on any atom is -0.0584 e. The summed E-state index contributed by atoms with van der Waals surface area (Å²) in [7, 11) is 0. The molecule has 0 saturated carbocycles. The predicted molar refractivity (Wildman–Crippen MR) is 221 cm³/mol. The molecule has 0 N–H and O–H groups in total. The lowest BCUT2D eigenvalue weighted by Crippen LogP contribution is -2.11. The van der Waals surface area contributed by atoms with Crippen molar-refractivity contribution in [2.24, 2.45) is 0 Å². The van der Waals surface area contributed by atoms with Gasteiger partial charge in [-0.05, 0) is 101 Å². The second-order valence-corrected chi connectivity index (χ2v) is 18.5. The first-order valence-corrected chi connectivity index (χ1v) is 18.5. The van der Waals surface area contributed by atoms with E-state index in [0.717, 1.165) is 12.8 Å². The Labute approximate surface area is 304 Å². The van der Waals surface area contributed by atoms with E-state index in [4.69, 9.17) is 0 Å². The summed E-state index contributed by atoms with van der Waals surface area (Å²) in [5, 5.41) is 5.31. The Hall–Kier alpha value is -4.16. The molecule has 0 amide bonds. The molecule has 6 aromatic carbocycles. The van der Waals surface area contributed by atoms with Gasteiger partial charge in [0, 0.05) is 0 Å². The molecule has 0 bridgehead atoms. The van der Waals surface area contributed by atoms with Gasteiger partial charge in [0.15, 0.2) is 0 Å². The van der Waals surface area contributed by atoms with Crippen LogP contribution < -0.4 is 0 Å².